The first-order chi connectivity index (χ1) is 16.4. The van der Waals surface area contributed by atoms with Gasteiger partial charge in [0.2, 0.25) is 0 Å². The van der Waals surface area contributed by atoms with Gasteiger partial charge < -0.3 is 19.9 Å². The Balaban J connectivity index is 1.39. The third-order valence-corrected chi connectivity index (χ3v) is 5.20. The fourth-order valence-corrected chi connectivity index (χ4v) is 3.76. The highest BCUT2D eigenvalue weighted by Gasteiger charge is 2.15. The number of tetrazole rings is 1. The van der Waals surface area contributed by atoms with E-state index in [1.54, 1.807) is 24.3 Å². The third-order valence-electron chi connectivity index (χ3n) is 4.69. The van der Waals surface area contributed by atoms with E-state index in [1.165, 1.54) is 18.2 Å². The molecule has 0 spiro atoms. The Morgan fingerprint density at radius 2 is 1.94 bits per heavy atom. The van der Waals surface area contributed by atoms with Crippen LogP contribution in [-0.2, 0) is 17.9 Å². The minimum atomic E-state index is -1.14. The van der Waals surface area contributed by atoms with Crippen LogP contribution in [0.4, 0.5) is 0 Å². The average Bonchev–Trinajstić information content (AvgIpc) is 3.33. The molecule has 34 heavy (non-hydrogen) atoms. The Bertz CT molecular complexity index is 1350. The van der Waals surface area contributed by atoms with Gasteiger partial charge in [0.25, 0.3) is 5.91 Å². The number of aromatic nitrogens is 4. The molecule has 0 radical (unpaired) electrons. The van der Waals surface area contributed by atoms with Gasteiger partial charge in [-0.3, -0.25) is 4.79 Å². The number of nitrogens with one attached hydrogen (secondary N) is 2. The van der Waals surface area contributed by atoms with Crippen molar-refractivity contribution in [1.29, 1.82) is 0 Å². The Morgan fingerprint density at radius 3 is 2.71 bits per heavy atom. The van der Waals surface area contributed by atoms with E-state index < -0.39 is 11.9 Å². The van der Waals surface area contributed by atoms with Gasteiger partial charge in [-0.05, 0) is 57.8 Å². The fraction of sp³-hybridized carbons (Fsp3) is 0.136. The number of fused-ring (bicyclic) bond motifs is 1. The summed E-state index contributed by atoms with van der Waals surface area (Å²) in [5, 5.41) is 27.0. The molecule has 1 amide bonds. The molecular formula is C22H17Cl2N5O5. The molecule has 1 aromatic heterocycles. The molecule has 174 valence electrons. The molecule has 0 bridgehead atoms. The molecule has 3 aromatic carbocycles. The fourth-order valence-electron chi connectivity index (χ4n) is 3.16. The lowest BCUT2D eigenvalue weighted by Crippen LogP contribution is -2.28. The molecule has 1 heterocycles. The van der Waals surface area contributed by atoms with Gasteiger partial charge in [0.15, 0.2) is 12.4 Å². The Kier molecular flexibility index (Phi) is 7.09. The van der Waals surface area contributed by atoms with Crippen molar-refractivity contribution in [3.05, 3.63) is 75.5 Å². The number of amides is 1. The lowest BCUT2D eigenvalue weighted by Gasteiger charge is -2.13. The maximum atomic E-state index is 12.4. The molecule has 4 rings (SSSR count). The van der Waals surface area contributed by atoms with Crippen molar-refractivity contribution in [2.24, 2.45) is 0 Å². The maximum Gasteiger partial charge on any atom is 0.335 e. The molecule has 3 N–H and O–H groups in total. The summed E-state index contributed by atoms with van der Waals surface area (Å²) in [6.45, 7) is 0.0646. The lowest BCUT2D eigenvalue weighted by atomic mass is 10.1. The quantitative estimate of drug-likeness (QED) is 0.315. The zero-order valence-electron chi connectivity index (χ0n) is 17.4. The zero-order valence-corrected chi connectivity index (χ0v) is 18.9. The van der Waals surface area contributed by atoms with Crippen LogP contribution in [0, 0.1) is 0 Å². The van der Waals surface area contributed by atoms with Crippen LogP contribution < -0.4 is 14.8 Å². The molecule has 10 nitrogen and oxygen atoms in total. The van der Waals surface area contributed by atoms with E-state index in [9.17, 15) is 14.7 Å². The van der Waals surface area contributed by atoms with E-state index in [0.29, 0.717) is 27.4 Å². The minimum absolute atomic E-state index is 0.0147. The van der Waals surface area contributed by atoms with Crippen molar-refractivity contribution >= 4 is 45.9 Å². The van der Waals surface area contributed by atoms with E-state index in [2.05, 4.69) is 25.9 Å². The molecule has 0 aliphatic rings. The van der Waals surface area contributed by atoms with Crippen LogP contribution in [-0.4, -0.2) is 44.2 Å². The second-order valence-electron chi connectivity index (χ2n) is 7.11. The first kappa shape index (κ1) is 23.3. The highest BCUT2D eigenvalue weighted by molar-refractivity contribution is 6.39. The van der Waals surface area contributed by atoms with Crippen LogP contribution in [0.2, 0.25) is 10.0 Å². The van der Waals surface area contributed by atoms with Crippen molar-refractivity contribution in [3.8, 4) is 11.5 Å². The van der Waals surface area contributed by atoms with Gasteiger partial charge in [0.1, 0.15) is 18.1 Å². The van der Waals surface area contributed by atoms with Crippen molar-refractivity contribution in [2.45, 2.75) is 13.2 Å². The highest BCUT2D eigenvalue weighted by atomic mass is 35.5. The molecule has 0 unspecified atom stereocenters. The summed E-state index contributed by atoms with van der Waals surface area (Å²) in [4.78, 5) is 23.9. The molecule has 0 atom stereocenters. The molecule has 0 fully saturated rings. The Hall–Kier alpha value is -3.89. The van der Waals surface area contributed by atoms with Gasteiger partial charge in [-0.1, -0.05) is 35.3 Å². The Labute approximate surface area is 202 Å². The molecule has 0 aliphatic carbocycles. The smallest absolute Gasteiger partial charge is 0.335 e. The predicted molar refractivity (Wildman–Crippen MR) is 123 cm³/mol. The first-order valence-corrected chi connectivity index (χ1v) is 10.6. The molecule has 0 aliphatic heterocycles. The van der Waals surface area contributed by atoms with E-state index >= 15 is 0 Å². The topological polar surface area (TPSA) is 139 Å². The molecule has 0 saturated carbocycles. The first-order valence-electron chi connectivity index (χ1n) is 9.89. The van der Waals surface area contributed by atoms with Crippen molar-refractivity contribution in [2.75, 3.05) is 6.61 Å². The van der Waals surface area contributed by atoms with Gasteiger partial charge in [0.05, 0.1) is 10.6 Å². The lowest BCUT2D eigenvalue weighted by molar-refractivity contribution is -0.123. The summed E-state index contributed by atoms with van der Waals surface area (Å²) in [6, 6.07) is 13.0. The number of rotatable bonds is 9. The van der Waals surface area contributed by atoms with Gasteiger partial charge in [-0.15, -0.1) is 5.10 Å². The van der Waals surface area contributed by atoms with Crippen LogP contribution in [0.3, 0.4) is 0 Å². The number of aromatic carboxylic acids is 1. The number of nitrogens with zero attached hydrogens (tertiary/aromatic N) is 3. The van der Waals surface area contributed by atoms with E-state index in [0.717, 1.165) is 5.56 Å². The maximum absolute atomic E-state index is 12.4. The van der Waals surface area contributed by atoms with E-state index in [4.69, 9.17) is 32.7 Å². The second kappa shape index (κ2) is 10.4. The summed E-state index contributed by atoms with van der Waals surface area (Å²) < 4.78 is 11.2. The number of benzene rings is 3. The number of ether oxygens (including phenoxy) is 2. The zero-order chi connectivity index (χ0) is 24.1. The molecular weight excluding hydrogens is 485 g/mol. The summed E-state index contributed by atoms with van der Waals surface area (Å²) in [5.74, 6) is -0.307. The number of carboxylic acids is 1. The van der Waals surface area contributed by atoms with Crippen LogP contribution in [0.15, 0.2) is 48.5 Å². The van der Waals surface area contributed by atoms with Crippen LogP contribution in [0.1, 0.15) is 21.7 Å². The average molecular weight is 502 g/mol. The monoisotopic (exact) mass is 501 g/mol. The minimum Gasteiger partial charge on any atom is -0.486 e. The highest BCUT2D eigenvalue weighted by Crippen LogP contribution is 2.36. The SMILES string of the molecule is O=C(COc1cc(C(=O)O)cc2cc(Cl)cc(Cl)c12)NCc1cccc(OCc2nnn[nH]2)c1. The number of carbonyl (C=O) groups is 2. The van der Waals surface area contributed by atoms with Crippen molar-refractivity contribution < 1.29 is 24.2 Å². The van der Waals surface area contributed by atoms with E-state index in [-0.39, 0.29) is 36.1 Å². The summed E-state index contributed by atoms with van der Waals surface area (Å²) in [7, 11) is 0. The van der Waals surface area contributed by atoms with Gasteiger partial charge in [-0.25, -0.2) is 9.89 Å². The number of hydrogen-bond donors (Lipinski definition) is 3. The van der Waals surface area contributed by atoms with Crippen LogP contribution in [0.25, 0.3) is 10.8 Å². The van der Waals surface area contributed by atoms with Crippen LogP contribution in [0.5, 0.6) is 11.5 Å². The molecule has 4 aromatic rings. The second-order valence-corrected chi connectivity index (χ2v) is 7.96. The normalized spacial score (nSPS) is 10.8. The number of H-pyrrole nitrogens is 1. The molecule has 0 saturated heterocycles. The third kappa shape index (κ3) is 5.72. The Morgan fingerprint density at radius 1 is 1.09 bits per heavy atom. The number of carbonyl (C=O) groups excluding carboxylic acids is 1. The van der Waals surface area contributed by atoms with Crippen molar-refractivity contribution in [3.63, 3.8) is 0 Å². The van der Waals surface area contributed by atoms with Gasteiger partial charge in [0, 0.05) is 17.0 Å². The van der Waals surface area contributed by atoms with E-state index in [1.807, 2.05) is 6.07 Å². The van der Waals surface area contributed by atoms with Crippen molar-refractivity contribution in [1.82, 2.24) is 25.9 Å². The number of halogens is 2. The number of carboxylic acid groups (broad SMARTS) is 1. The van der Waals surface area contributed by atoms with Gasteiger partial charge in [-0.2, -0.15) is 0 Å². The summed E-state index contributed by atoms with van der Waals surface area (Å²) >= 11 is 12.3. The molecule has 12 heteroatoms. The standard InChI is InChI=1S/C22H17Cl2N5O5/c23-15-6-13-5-14(22(31)32)7-18(21(13)17(24)8-15)34-11-20(30)25-9-12-2-1-3-16(4-12)33-10-19-26-28-29-27-19/h1-8H,9-11H2,(H,25,30)(H,31,32)(H,26,27,28,29). The number of aromatic amines is 1. The summed E-state index contributed by atoms with van der Waals surface area (Å²) in [6.07, 6.45) is 0. The summed E-state index contributed by atoms with van der Waals surface area (Å²) in [5.41, 5.74) is 0.789. The largest absolute Gasteiger partial charge is 0.486 e. The van der Waals surface area contributed by atoms with Crippen LogP contribution >= 0.6 is 23.2 Å². The number of hydrogen-bond acceptors (Lipinski definition) is 7. The predicted octanol–water partition coefficient (Wildman–Crippen LogP) is 3.63. The van der Waals surface area contributed by atoms with Gasteiger partial charge >= 0.3 is 5.97 Å².